The summed E-state index contributed by atoms with van der Waals surface area (Å²) in [7, 11) is 0. The van der Waals surface area contributed by atoms with E-state index < -0.39 is 0 Å². The topological polar surface area (TPSA) is 20.2 Å². The molecule has 1 aliphatic carbocycles. The Morgan fingerprint density at radius 2 is 1.95 bits per heavy atom. The van der Waals surface area contributed by atoms with Crippen LogP contribution in [0.25, 0.3) is 0 Å². The van der Waals surface area contributed by atoms with E-state index in [4.69, 9.17) is 11.6 Å². The average Bonchev–Trinajstić information content (AvgIpc) is 2.46. The molecule has 0 unspecified atom stereocenters. The summed E-state index contributed by atoms with van der Waals surface area (Å²) in [6.45, 7) is 1.95. The molecule has 1 aromatic carbocycles. The second kappa shape index (κ2) is 6.99. The van der Waals surface area contributed by atoms with E-state index in [1.807, 2.05) is 37.3 Å². The number of rotatable bonds is 4. The van der Waals surface area contributed by atoms with Gasteiger partial charge in [-0.3, -0.25) is 0 Å². The first-order chi connectivity index (χ1) is 9.68. The van der Waals surface area contributed by atoms with Gasteiger partial charge in [0.05, 0.1) is 5.76 Å². The molecule has 1 aromatic rings. The Bertz CT molecular complexity index is 496. The molecule has 0 aliphatic heterocycles. The molecule has 0 bridgehead atoms. The lowest BCUT2D eigenvalue weighted by Crippen LogP contribution is -2.30. The SMILES string of the molecule is C/C=C\C=C(\O)CC1(c2ccccc2Cl)CCCCC1. The van der Waals surface area contributed by atoms with Crippen molar-refractivity contribution in [3.8, 4) is 0 Å². The van der Waals surface area contributed by atoms with Crippen LogP contribution >= 0.6 is 11.6 Å². The van der Waals surface area contributed by atoms with Crippen molar-refractivity contribution < 1.29 is 5.11 Å². The van der Waals surface area contributed by atoms with Crippen LogP contribution < -0.4 is 0 Å². The Kier molecular flexibility index (Phi) is 5.31. The molecule has 20 heavy (non-hydrogen) atoms. The Labute approximate surface area is 127 Å². The molecule has 1 N–H and O–H groups in total. The quantitative estimate of drug-likeness (QED) is 0.536. The van der Waals surface area contributed by atoms with Crippen molar-refractivity contribution in [1.82, 2.24) is 0 Å². The van der Waals surface area contributed by atoms with E-state index in [0.717, 1.165) is 17.9 Å². The van der Waals surface area contributed by atoms with Gasteiger partial charge in [0.25, 0.3) is 0 Å². The summed E-state index contributed by atoms with van der Waals surface area (Å²) in [5.41, 5.74) is 1.19. The van der Waals surface area contributed by atoms with Crippen LogP contribution in [-0.2, 0) is 5.41 Å². The van der Waals surface area contributed by atoms with Crippen molar-refractivity contribution in [1.29, 1.82) is 0 Å². The van der Waals surface area contributed by atoms with Crippen molar-refractivity contribution in [3.63, 3.8) is 0 Å². The molecule has 1 saturated carbocycles. The third-order valence-corrected chi connectivity index (χ3v) is 4.59. The smallest absolute Gasteiger partial charge is 0.0931 e. The van der Waals surface area contributed by atoms with Gasteiger partial charge in [0, 0.05) is 16.9 Å². The first-order valence-corrected chi connectivity index (χ1v) is 7.81. The van der Waals surface area contributed by atoms with Crippen molar-refractivity contribution in [2.24, 2.45) is 0 Å². The molecular formula is C18H23ClO. The Hall–Kier alpha value is -1.21. The molecule has 0 saturated heterocycles. The molecule has 0 atom stereocenters. The summed E-state index contributed by atoms with van der Waals surface area (Å²) in [6.07, 6.45) is 12.2. The van der Waals surface area contributed by atoms with Crippen LogP contribution in [-0.4, -0.2) is 5.11 Å². The second-order valence-corrected chi connectivity index (χ2v) is 6.09. The lowest BCUT2D eigenvalue weighted by Gasteiger charge is -2.38. The van der Waals surface area contributed by atoms with E-state index in [1.165, 1.54) is 24.8 Å². The average molecular weight is 291 g/mol. The molecule has 0 aromatic heterocycles. The zero-order chi connectivity index (χ0) is 14.4. The minimum Gasteiger partial charge on any atom is -0.512 e. The number of aliphatic hydroxyl groups excluding tert-OH is 1. The van der Waals surface area contributed by atoms with Gasteiger partial charge in [-0.15, -0.1) is 0 Å². The molecule has 0 heterocycles. The minimum atomic E-state index is -0.00123. The monoisotopic (exact) mass is 290 g/mol. The van der Waals surface area contributed by atoms with Crippen LogP contribution in [0.1, 0.15) is 51.0 Å². The van der Waals surface area contributed by atoms with Gasteiger partial charge in [0.1, 0.15) is 0 Å². The lowest BCUT2D eigenvalue weighted by molar-refractivity contribution is 0.249. The summed E-state index contributed by atoms with van der Waals surface area (Å²) in [4.78, 5) is 0. The van der Waals surface area contributed by atoms with Crippen LogP contribution in [0.15, 0.2) is 48.3 Å². The molecule has 108 valence electrons. The third kappa shape index (κ3) is 3.46. The summed E-state index contributed by atoms with van der Waals surface area (Å²) >= 11 is 6.42. The largest absolute Gasteiger partial charge is 0.512 e. The number of halogens is 1. The van der Waals surface area contributed by atoms with Crippen LogP contribution in [0, 0.1) is 0 Å². The summed E-state index contributed by atoms with van der Waals surface area (Å²) in [6, 6.07) is 8.10. The highest BCUT2D eigenvalue weighted by Crippen LogP contribution is 2.45. The Morgan fingerprint density at radius 1 is 1.25 bits per heavy atom. The van der Waals surface area contributed by atoms with Gasteiger partial charge < -0.3 is 5.11 Å². The third-order valence-electron chi connectivity index (χ3n) is 4.26. The van der Waals surface area contributed by atoms with Crippen molar-refractivity contribution >= 4 is 11.6 Å². The highest BCUT2D eigenvalue weighted by atomic mass is 35.5. The molecule has 1 aliphatic rings. The van der Waals surface area contributed by atoms with Gasteiger partial charge >= 0.3 is 0 Å². The first-order valence-electron chi connectivity index (χ1n) is 7.44. The van der Waals surface area contributed by atoms with Crippen molar-refractivity contribution in [2.75, 3.05) is 0 Å². The van der Waals surface area contributed by atoms with Gasteiger partial charge in [-0.1, -0.05) is 61.2 Å². The molecule has 0 amide bonds. The summed E-state index contributed by atoms with van der Waals surface area (Å²) in [5, 5.41) is 11.0. The highest BCUT2D eigenvalue weighted by Gasteiger charge is 2.36. The maximum Gasteiger partial charge on any atom is 0.0931 e. The van der Waals surface area contributed by atoms with Gasteiger partial charge in [0.15, 0.2) is 0 Å². The van der Waals surface area contributed by atoms with Gasteiger partial charge in [0.2, 0.25) is 0 Å². The van der Waals surface area contributed by atoms with E-state index in [9.17, 15) is 5.11 Å². The molecule has 1 fully saturated rings. The van der Waals surface area contributed by atoms with E-state index in [1.54, 1.807) is 6.08 Å². The first kappa shape index (κ1) is 15.2. The van der Waals surface area contributed by atoms with Crippen LogP contribution in [0.3, 0.4) is 0 Å². The number of aliphatic hydroxyl groups is 1. The minimum absolute atomic E-state index is 0.00123. The normalized spacial score (nSPS) is 19.4. The predicted octanol–water partition coefficient (Wildman–Crippen LogP) is 5.95. The maximum atomic E-state index is 10.2. The predicted molar refractivity (Wildman–Crippen MR) is 86.4 cm³/mol. The fourth-order valence-electron chi connectivity index (χ4n) is 3.27. The van der Waals surface area contributed by atoms with Crippen molar-refractivity contribution in [3.05, 3.63) is 58.8 Å². The van der Waals surface area contributed by atoms with Crippen molar-refractivity contribution in [2.45, 2.75) is 50.9 Å². The number of hydrogen-bond acceptors (Lipinski definition) is 1. The zero-order valence-corrected chi connectivity index (χ0v) is 12.9. The zero-order valence-electron chi connectivity index (χ0n) is 12.1. The number of hydrogen-bond donors (Lipinski definition) is 1. The standard InChI is InChI=1S/C18H23ClO/c1-2-3-9-15(20)14-18(12-7-4-8-13-18)16-10-5-6-11-17(16)19/h2-3,5-6,9-11,20H,4,7-8,12-14H2,1H3/b3-2-,15-9+. The summed E-state index contributed by atoms with van der Waals surface area (Å²) < 4.78 is 0. The molecule has 1 nitrogen and oxygen atoms in total. The van der Waals surface area contributed by atoms with Gasteiger partial charge in [-0.25, -0.2) is 0 Å². The molecule has 2 rings (SSSR count). The lowest BCUT2D eigenvalue weighted by atomic mass is 9.67. The van der Waals surface area contributed by atoms with E-state index in [2.05, 4.69) is 6.07 Å². The summed E-state index contributed by atoms with van der Waals surface area (Å²) in [5.74, 6) is 0.449. The number of allylic oxidation sites excluding steroid dienone is 4. The maximum absolute atomic E-state index is 10.2. The fourth-order valence-corrected chi connectivity index (χ4v) is 3.61. The van der Waals surface area contributed by atoms with E-state index in [-0.39, 0.29) is 5.41 Å². The molecular weight excluding hydrogens is 268 g/mol. The van der Waals surface area contributed by atoms with Crippen LogP contribution in [0.5, 0.6) is 0 Å². The van der Waals surface area contributed by atoms with Gasteiger partial charge in [-0.2, -0.15) is 0 Å². The van der Waals surface area contributed by atoms with Crippen LogP contribution in [0.4, 0.5) is 0 Å². The van der Waals surface area contributed by atoms with Gasteiger partial charge in [-0.05, 0) is 37.5 Å². The van der Waals surface area contributed by atoms with E-state index >= 15 is 0 Å². The molecule has 2 heteroatoms. The Morgan fingerprint density at radius 3 is 2.60 bits per heavy atom. The molecule has 0 spiro atoms. The molecule has 0 radical (unpaired) electrons. The van der Waals surface area contributed by atoms with E-state index in [0.29, 0.717) is 12.2 Å². The highest BCUT2D eigenvalue weighted by molar-refractivity contribution is 6.31. The second-order valence-electron chi connectivity index (χ2n) is 5.68. The van der Waals surface area contributed by atoms with Crippen LogP contribution in [0.2, 0.25) is 5.02 Å². The Balaban J connectivity index is 2.33. The number of benzene rings is 1. The fraction of sp³-hybridized carbons (Fsp3) is 0.444.